The van der Waals surface area contributed by atoms with E-state index < -0.39 is 0 Å². The van der Waals surface area contributed by atoms with Crippen molar-refractivity contribution >= 4 is 47.1 Å². The Kier molecular flexibility index (Phi) is 4.11. The lowest BCUT2D eigenvalue weighted by molar-refractivity contribution is 0.404. The summed E-state index contributed by atoms with van der Waals surface area (Å²) in [5, 5.41) is 10.8. The van der Waals surface area contributed by atoms with E-state index in [0.717, 1.165) is 27.3 Å². The maximum atomic E-state index is 10.8. The molecule has 0 amide bonds. The van der Waals surface area contributed by atoms with Crippen LogP contribution in [-0.4, -0.2) is 15.9 Å². The van der Waals surface area contributed by atoms with Crippen LogP contribution in [0.2, 0.25) is 0 Å². The van der Waals surface area contributed by atoms with Crippen LogP contribution >= 0.6 is 23.6 Å². The van der Waals surface area contributed by atoms with Crippen LogP contribution in [0.15, 0.2) is 59.6 Å². The third-order valence-electron chi connectivity index (χ3n) is 4.36. The smallest absolute Gasteiger partial charge is 0.211 e. The van der Waals surface area contributed by atoms with Crippen molar-refractivity contribution < 1.29 is 5.11 Å². The number of hydrogen-bond donors (Lipinski definition) is 1. The second-order valence-electron chi connectivity index (χ2n) is 5.89. The topological polar surface area (TPSA) is 37.5 Å². The van der Waals surface area contributed by atoms with Gasteiger partial charge in [0.15, 0.2) is 3.95 Å². The number of benzene rings is 2. The van der Waals surface area contributed by atoms with Crippen LogP contribution in [0.1, 0.15) is 29.0 Å². The molecular weight excluding hydrogens is 348 g/mol. The Bertz CT molecular complexity index is 1050. The Morgan fingerprint density at radius 2 is 1.84 bits per heavy atom. The molecule has 0 fully saturated rings. The molecule has 0 radical (unpaired) electrons. The van der Waals surface area contributed by atoms with Crippen molar-refractivity contribution in [2.24, 2.45) is 4.99 Å². The molecule has 25 heavy (non-hydrogen) atoms. The summed E-state index contributed by atoms with van der Waals surface area (Å²) in [4.78, 5) is 5.17. The van der Waals surface area contributed by atoms with Crippen LogP contribution in [0.4, 0.5) is 5.69 Å². The summed E-state index contributed by atoms with van der Waals surface area (Å²) in [6, 6.07) is 18.0. The van der Waals surface area contributed by atoms with Crippen molar-refractivity contribution in [1.29, 1.82) is 0 Å². The van der Waals surface area contributed by atoms with Crippen molar-refractivity contribution in [3.8, 4) is 5.88 Å². The predicted molar refractivity (Wildman–Crippen MR) is 108 cm³/mol. The number of aliphatic imine (C=N–C) groups is 1. The number of allylic oxidation sites excluding steroid dienone is 1. The zero-order chi connectivity index (χ0) is 17.4. The molecule has 1 N–H and O–H groups in total. The summed E-state index contributed by atoms with van der Waals surface area (Å²) in [5.74, 6) is 0.205. The average Bonchev–Trinajstić information content (AvgIpc) is 3.17. The molecule has 124 valence electrons. The number of aromatic hydroxyl groups is 1. The van der Waals surface area contributed by atoms with Crippen molar-refractivity contribution in [2.75, 3.05) is 0 Å². The van der Waals surface area contributed by atoms with Gasteiger partial charge in [0.2, 0.25) is 5.88 Å². The quantitative estimate of drug-likeness (QED) is 0.592. The van der Waals surface area contributed by atoms with Crippen LogP contribution < -0.4 is 0 Å². The molecule has 0 unspecified atom stereocenters. The molecule has 4 rings (SSSR count). The molecule has 1 aliphatic rings. The van der Waals surface area contributed by atoms with Crippen LogP contribution in [0.25, 0.3) is 11.6 Å². The molecule has 0 saturated heterocycles. The first-order valence-electron chi connectivity index (χ1n) is 7.99. The molecule has 2 heterocycles. The number of thiazole rings is 1. The van der Waals surface area contributed by atoms with Gasteiger partial charge < -0.3 is 5.11 Å². The van der Waals surface area contributed by atoms with Gasteiger partial charge in [-0.2, -0.15) is 0 Å². The Morgan fingerprint density at radius 1 is 1.12 bits per heavy atom. The minimum absolute atomic E-state index is 0.0263. The number of hydrogen-bond acceptors (Lipinski definition) is 4. The first-order valence-corrected chi connectivity index (χ1v) is 9.22. The molecule has 1 aliphatic heterocycles. The first-order chi connectivity index (χ1) is 12.1. The van der Waals surface area contributed by atoms with Crippen LogP contribution in [0, 0.1) is 3.95 Å². The van der Waals surface area contributed by atoms with Gasteiger partial charge >= 0.3 is 0 Å². The molecule has 5 heteroatoms. The van der Waals surface area contributed by atoms with E-state index in [0.29, 0.717) is 3.95 Å². The van der Waals surface area contributed by atoms with Crippen molar-refractivity contribution in [2.45, 2.75) is 13.0 Å². The molecule has 1 aromatic heterocycles. The maximum Gasteiger partial charge on any atom is 0.211 e. The molecule has 0 bridgehead atoms. The van der Waals surface area contributed by atoms with Gasteiger partial charge in [-0.25, -0.2) is 0 Å². The number of aromatic nitrogens is 1. The summed E-state index contributed by atoms with van der Waals surface area (Å²) in [6.07, 6.45) is 3.79. The van der Waals surface area contributed by atoms with E-state index in [1.807, 2.05) is 73.8 Å². The maximum absolute atomic E-state index is 10.8. The van der Waals surface area contributed by atoms with Gasteiger partial charge in [-0.3, -0.25) is 9.56 Å². The highest BCUT2D eigenvalue weighted by atomic mass is 32.1. The molecule has 0 aliphatic carbocycles. The Hall–Kier alpha value is -2.50. The molecular formula is C20H16N2OS2. The summed E-state index contributed by atoms with van der Waals surface area (Å²) < 4.78 is 2.46. The predicted octanol–water partition coefficient (Wildman–Crippen LogP) is 5.85. The summed E-state index contributed by atoms with van der Waals surface area (Å²) in [6.45, 7) is 2.04. The monoisotopic (exact) mass is 364 g/mol. The minimum Gasteiger partial charge on any atom is -0.493 e. The SMILES string of the molecule is C[C@H](c1ccccc1)n1c(O)c(C=C2C=Nc3ccccc32)sc1=S. The van der Waals surface area contributed by atoms with Crippen molar-refractivity contribution in [3.05, 3.63) is 74.6 Å². The number of fused-ring (bicyclic) bond motifs is 1. The van der Waals surface area contributed by atoms with E-state index in [1.54, 1.807) is 4.57 Å². The molecule has 3 aromatic rings. The van der Waals surface area contributed by atoms with Crippen molar-refractivity contribution in [1.82, 2.24) is 4.57 Å². The lowest BCUT2D eigenvalue weighted by atomic mass is 10.1. The van der Waals surface area contributed by atoms with Gasteiger partial charge in [-0.1, -0.05) is 48.5 Å². The van der Waals surface area contributed by atoms with E-state index in [4.69, 9.17) is 12.2 Å². The second-order valence-corrected chi connectivity index (χ2v) is 7.56. The second kappa shape index (κ2) is 6.43. The van der Waals surface area contributed by atoms with Crippen molar-refractivity contribution in [3.63, 3.8) is 0 Å². The lowest BCUT2D eigenvalue weighted by Crippen LogP contribution is -2.05. The van der Waals surface area contributed by atoms with E-state index >= 15 is 0 Å². The molecule has 3 nitrogen and oxygen atoms in total. The van der Waals surface area contributed by atoms with Gasteiger partial charge in [-0.15, -0.1) is 11.3 Å². The normalized spacial score (nSPS) is 15.5. The first kappa shape index (κ1) is 16.0. The highest BCUT2D eigenvalue weighted by Crippen LogP contribution is 2.37. The Balaban J connectivity index is 1.76. The fraction of sp³-hybridized carbons (Fsp3) is 0.100. The van der Waals surface area contributed by atoms with E-state index in [9.17, 15) is 5.11 Å². The molecule has 2 aromatic carbocycles. The van der Waals surface area contributed by atoms with E-state index in [1.165, 1.54) is 11.3 Å². The van der Waals surface area contributed by atoms with Gasteiger partial charge in [0, 0.05) is 17.4 Å². The largest absolute Gasteiger partial charge is 0.493 e. The molecule has 0 spiro atoms. The van der Waals surface area contributed by atoms with E-state index in [2.05, 4.69) is 4.99 Å². The number of nitrogens with zero attached hydrogens (tertiary/aromatic N) is 2. The van der Waals surface area contributed by atoms with Gasteiger partial charge in [0.25, 0.3) is 0 Å². The van der Waals surface area contributed by atoms with Crippen LogP contribution in [0.3, 0.4) is 0 Å². The fourth-order valence-corrected chi connectivity index (χ4v) is 4.43. The summed E-state index contributed by atoms with van der Waals surface area (Å²) in [5.41, 5.74) is 4.12. The van der Waals surface area contributed by atoms with Gasteiger partial charge in [0.05, 0.1) is 16.6 Å². The Morgan fingerprint density at radius 3 is 2.64 bits per heavy atom. The van der Waals surface area contributed by atoms with E-state index in [-0.39, 0.29) is 11.9 Å². The highest BCUT2D eigenvalue weighted by Gasteiger charge is 2.18. The zero-order valence-electron chi connectivity index (χ0n) is 13.6. The van der Waals surface area contributed by atoms with Crippen LogP contribution in [0.5, 0.6) is 5.88 Å². The van der Waals surface area contributed by atoms with Gasteiger partial charge in [0.1, 0.15) is 0 Å². The third kappa shape index (κ3) is 2.86. The zero-order valence-corrected chi connectivity index (χ0v) is 15.2. The average molecular weight is 364 g/mol. The van der Waals surface area contributed by atoms with Crippen LogP contribution in [-0.2, 0) is 0 Å². The summed E-state index contributed by atoms with van der Waals surface area (Å²) in [7, 11) is 0. The molecule has 1 atom stereocenters. The fourth-order valence-electron chi connectivity index (χ4n) is 3.01. The minimum atomic E-state index is -0.0263. The lowest BCUT2D eigenvalue weighted by Gasteiger charge is -2.15. The highest BCUT2D eigenvalue weighted by molar-refractivity contribution is 7.73. The summed E-state index contributed by atoms with van der Waals surface area (Å²) >= 11 is 6.93. The van der Waals surface area contributed by atoms with Gasteiger partial charge in [-0.05, 0) is 36.8 Å². The Labute approximate surface area is 155 Å². The number of rotatable bonds is 3. The third-order valence-corrected chi connectivity index (χ3v) is 5.69. The molecule has 0 saturated carbocycles. The number of para-hydroxylation sites is 1. The standard InChI is InChI=1S/C20H16N2OS2/c1-13(14-7-3-2-4-8-14)22-19(23)18(25-20(22)24)11-15-12-21-17-10-6-5-9-16(15)17/h2-13,23H,1H3/t13-/m1/s1.